The number of rotatable bonds is 10. The largest absolute Gasteiger partial charge is 0.465 e. The average Bonchev–Trinajstić information content (AvgIpc) is 3.85. The van der Waals surface area contributed by atoms with E-state index in [-0.39, 0.29) is 26.4 Å². The maximum atomic E-state index is 13.5. The van der Waals surface area contributed by atoms with E-state index < -0.39 is 46.8 Å². The highest BCUT2D eigenvalue weighted by Crippen LogP contribution is 2.41. The summed E-state index contributed by atoms with van der Waals surface area (Å²) in [5.74, 6) is -0.0484. The maximum Gasteiger partial charge on any atom is 0.338 e. The van der Waals surface area contributed by atoms with Gasteiger partial charge in [-0.15, -0.1) is 0 Å². The smallest absolute Gasteiger partial charge is 0.338 e. The molecule has 318 valence electrons. The number of aryl methyl sites for hydroxylation is 4. The third-order valence-electron chi connectivity index (χ3n) is 10.6. The molecule has 0 aliphatic heterocycles. The Morgan fingerprint density at radius 1 is 0.738 bits per heavy atom. The van der Waals surface area contributed by atoms with Crippen LogP contribution in [-0.2, 0) is 40.9 Å². The fourth-order valence-electron chi connectivity index (χ4n) is 7.51. The summed E-state index contributed by atoms with van der Waals surface area (Å²) < 4.78 is 91.5. The number of nitrogens with zero attached hydrogens (tertiary/aromatic N) is 3. The van der Waals surface area contributed by atoms with Gasteiger partial charge in [-0.1, -0.05) is 40.6 Å². The summed E-state index contributed by atoms with van der Waals surface area (Å²) in [7, 11) is -9.47. The van der Waals surface area contributed by atoms with Gasteiger partial charge in [0.1, 0.15) is 11.5 Å². The van der Waals surface area contributed by atoms with Gasteiger partial charge in [-0.25, -0.2) is 34.0 Å². The fraction of sp³-hybridized carbons (Fsp3) is 0.256. The Morgan fingerprint density at radius 3 is 1.87 bits per heavy atom. The summed E-state index contributed by atoms with van der Waals surface area (Å²) in [6.07, 6.45) is 3.62. The third-order valence-corrected chi connectivity index (χ3v) is 15.0. The molecule has 1 aliphatic rings. The standard InChI is InChI=1S/C22H21N3O6S2.C21H21NO5S/c1-11-20(12(2)31-24-11)13-8-17-16-7-6-15(32(3,27)28)10-19(16)25(33(29,30)14-4-5-14)21(17)18(9-13)22(23)26;1-13-20(14(2)27-22-13)17-9-8-16(19(12-17)21(23)26-3)10-15-6-5-7-18(11-15)28(4,24)25/h6-10,14H,4-5H2,1-3H3,(H2,23,26);5-9,11-12H,10H2,1-4H3. The highest BCUT2D eigenvalue weighted by molar-refractivity contribution is 7.91. The minimum Gasteiger partial charge on any atom is -0.465 e. The van der Waals surface area contributed by atoms with Crippen molar-refractivity contribution in [2.75, 3.05) is 19.6 Å². The van der Waals surface area contributed by atoms with Crippen LogP contribution in [0.25, 0.3) is 44.1 Å². The van der Waals surface area contributed by atoms with Gasteiger partial charge < -0.3 is 19.5 Å². The lowest BCUT2D eigenvalue weighted by Gasteiger charge is -2.11. The number of ether oxygens (including phenoxy) is 1. The van der Waals surface area contributed by atoms with Gasteiger partial charge in [0.2, 0.25) is 10.0 Å². The van der Waals surface area contributed by atoms with Crippen molar-refractivity contribution in [1.29, 1.82) is 0 Å². The van der Waals surface area contributed by atoms with Gasteiger partial charge in [0.25, 0.3) is 5.91 Å². The van der Waals surface area contributed by atoms with Gasteiger partial charge in [-0.3, -0.25) is 4.79 Å². The molecule has 0 atom stereocenters. The summed E-state index contributed by atoms with van der Waals surface area (Å²) in [5.41, 5.74) is 12.3. The first-order chi connectivity index (χ1) is 28.6. The number of hydrogen-bond donors (Lipinski definition) is 1. The zero-order valence-corrected chi connectivity index (χ0v) is 36.7. The molecule has 15 nitrogen and oxygen atoms in total. The van der Waals surface area contributed by atoms with Crippen molar-refractivity contribution >= 4 is 63.4 Å². The van der Waals surface area contributed by atoms with E-state index in [0.29, 0.717) is 63.9 Å². The Balaban J connectivity index is 0.000000187. The zero-order chi connectivity index (χ0) is 44.3. The first-order valence-electron chi connectivity index (χ1n) is 18.8. The number of nitrogens with two attached hydrogens (primary N) is 1. The lowest BCUT2D eigenvalue weighted by molar-refractivity contribution is 0.0599. The van der Waals surface area contributed by atoms with E-state index in [2.05, 4.69) is 10.3 Å². The highest BCUT2D eigenvalue weighted by atomic mass is 32.2. The summed E-state index contributed by atoms with van der Waals surface area (Å²) in [6.45, 7) is 7.16. The molecule has 1 aliphatic carbocycles. The number of aromatic nitrogens is 3. The van der Waals surface area contributed by atoms with Crippen LogP contribution < -0.4 is 5.73 Å². The third kappa shape index (κ3) is 8.22. The molecule has 0 saturated heterocycles. The molecule has 1 amide bonds. The number of benzene rings is 4. The maximum absolute atomic E-state index is 13.5. The van der Waals surface area contributed by atoms with E-state index in [1.165, 1.54) is 31.6 Å². The molecule has 0 bridgehead atoms. The minimum atomic E-state index is -3.89. The molecule has 0 spiro atoms. The Kier molecular flexibility index (Phi) is 11.1. The van der Waals surface area contributed by atoms with Crippen LogP contribution in [0, 0.1) is 27.7 Å². The number of methoxy groups -OCH3 is 1. The molecular weight excluding hydrogens is 845 g/mol. The summed E-state index contributed by atoms with van der Waals surface area (Å²) in [5, 5.41) is 8.30. The van der Waals surface area contributed by atoms with Gasteiger partial charge in [-0.2, -0.15) is 0 Å². The number of esters is 1. The van der Waals surface area contributed by atoms with Crippen molar-refractivity contribution in [3.63, 3.8) is 0 Å². The second-order valence-electron chi connectivity index (χ2n) is 15.1. The van der Waals surface area contributed by atoms with Gasteiger partial charge in [-0.05, 0) is 112 Å². The summed E-state index contributed by atoms with van der Waals surface area (Å²) in [4.78, 5) is 25.2. The van der Waals surface area contributed by atoms with Crippen LogP contribution in [-0.4, -0.2) is 76.3 Å². The van der Waals surface area contributed by atoms with E-state index in [0.717, 1.165) is 38.2 Å². The molecule has 1 saturated carbocycles. The lowest BCUT2D eigenvalue weighted by atomic mass is 9.94. The van der Waals surface area contributed by atoms with Gasteiger partial charge in [0.15, 0.2) is 19.7 Å². The Labute approximate surface area is 352 Å². The number of fused-ring (bicyclic) bond motifs is 3. The number of sulfone groups is 2. The average molecular weight is 887 g/mol. The van der Waals surface area contributed by atoms with Crippen molar-refractivity contribution in [1.82, 2.24) is 14.3 Å². The van der Waals surface area contributed by atoms with Crippen LogP contribution in [0.1, 0.15) is 67.6 Å². The SMILES string of the molecule is COC(=O)c1cc(-c2c(C)noc2C)ccc1Cc1cccc(S(C)(=O)=O)c1.Cc1noc(C)c1-c1cc(C(N)=O)c2c(c1)c1ccc(S(C)(=O)=O)cc1n2S(=O)(=O)C1CC1. The Morgan fingerprint density at radius 2 is 1.33 bits per heavy atom. The zero-order valence-electron chi connectivity index (χ0n) is 34.3. The van der Waals surface area contributed by atoms with Gasteiger partial charge in [0, 0.05) is 34.4 Å². The number of carbonyl (C=O) groups is 2. The monoisotopic (exact) mass is 886 g/mol. The van der Waals surface area contributed by atoms with E-state index in [4.69, 9.17) is 19.5 Å². The lowest BCUT2D eigenvalue weighted by Crippen LogP contribution is -2.20. The normalized spacial score (nSPS) is 13.3. The number of amides is 1. The predicted molar refractivity (Wildman–Crippen MR) is 228 cm³/mol. The highest BCUT2D eigenvalue weighted by Gasteiger charge is 2.40. The van der Waals surface area contributed by atoms with Crippen LogP contribution >= 0.6 is 0 Å². The molecule has 0 radical (unpaired) electrons. The Bertz CT molecular complexity index is 3250. The van der Waals surface area contributed by atoms with Gasteiger partial charge >= 0.3 is 5.97 Å². The van der Waals surface area contributed by atoms with Crippen LogP contribution in [0.3, 0.4) is 0 Å². The molecule has 1 fully saturated rings. The molecule has 18 heteroatoms. The van der Waals surface area contributed by atoms with Crippen molar-refractivity contribution in [3.8, 4) is 22.3 Å². The van der Waals surface area contributed by atoms with Crippen molar-refractivity contribution in [2.24, 2.45) is 5.73 Å². The van der Waals surface area contributed by atoms with Crippen LogP contribution in [0.15, 0.2) is 91.6 Å². The van der Waals surface area contributed by atoms with E-state index in [1.807, 2.05) is 32.0 Å². The predicted octanol–water partition coefficient (Wildman–Crippen LogP) is 6.65. The summed E-state index contributed by atoms with van der Waals surface area (Å²) in [6, 6.07) is 19.8. The Hall–Kier alpha value is -6.11. The molecule has 3 aromatic heterocycles. The van der Waals surface area contributed by atoms with E-state index in [1.54, 1.807) is 50.2 Å². The first-order valence-corrected chi connectivity index (χ1v) is 24.1. The molecule has 7 aromatic rings. The quantitative estimate of drug-likeness (QED) is 0.142. The number of hydrogen-bond acceptors (Lipinski definition) is 13. The van der Waals surface area contributed by atoms with Gasteiger partial charge in [0.05, 0.1) is 55.7 Å². The fourth-order valence-corrected chi connectivity index (χ4v) is 10.7. The molecule has 3 heterocycles. The number of carbonyl (C=O) groups excluding carboxylic acids is 2. The van der Waals surface area contributed by atoms with E-state index >= 15 is 0 Å². The molecule has 2 N–H and O–H groups in total. The van der Waals surface area contributed by atoms with Crippen LogP contribution in [0.4, 0.5) is 0 Å². The van der Waals surface area contributed by atoms with Crippen LogP contribution in [0.5, 0.6) is 0 Å². The molecular formula is C43H42N4O11S3. The minimum absolute atomic E-state index is 0.0170. The van der Waals surface area contributed by atoms with E-state index in [9.17, 15) is 34.8 Å². The molecule has 8 rings (SSSR count). The topological polar surface area (TPSA) is 229 Å². The molecule has 4 aromatic carbocycles. The number of primary amides is 1. The van der Waals surface area contributed by atoms with Crippen molar-refractivity contribution in [3.05, 3.63) is 118 Å². The first kappa shape index (κ1) is 43.0. The molecule has 61 heavy (non-hydrogen) atoms. The second kappa shape index (κ2) is 15.7. The van der Waals surface area contributed by atoms with Crippen molar-refractivity contribution < 1.29 is 48.6 Å². The van der Waals surface area contributed by atoms with Crippen LogP contribution in [0.2, 0.25) is 0 Å². The van der Waals surface area contributed by atoms with Crippen molar-refractivity contribution in [2.45, 2.75) is 62.0 Å². The molecule has 0 unspecified atom stereocenters. The second-order valence-corrected chi connectivity index (χ2v) is 21.2. The summed E-state index contributed by atoms with van der Waals surface area (Å²) >= 11 is 0.